The molecular weight excluding hydrogens is 258 g/mol. The van der Waals surface area contributed by atoms with E-state index in [2.05, 4.69) is 0 Å². The second kappa shape index (κ2) is 6.81. The standard InChI is InChI=1S/C11H23NO5S/c1-16-3-4-17-7-10(13)6-11(8-12)2-5-18(14,15)9-11/h10,13H,2-9,12H2,1H3. The minimum Gasteiger partial charge on any atom is -0.391 e. The Morgan fingerprint density at radius 3 is 2.67 bits per heavy atom. The molecule has 1 aliphatic heterocycles. The van der Waals surface area contributed by atoms with Crippen LogP contribution >= 0.6 is 0 Å². The maximum Gasteiger partial charge on any atom is 0.150 e. The number of sulfone groups is 1. The molecule has 0 aromatic carbocycles. The molecule has 0 aromatic rings. The number of aliphatic hydroxyl groups excluding tert-OH is 1. The van der Waals surface area contributed by atoms with Gasteiger partial charge in [-0.1, -0.05) is 0 Å². The Morgan fingerprint density at radius 1 is 1.44 bits per heavy atom. The van der Waals surface area contributed by atoms with Gasteiger partial charge in [0.05, 0.1) is 37.4 Å². The molecule has 0 spiro atoms. The topological polar surface area (TPSA) is 98.8 Å². The van der Waals surface area contributed by atoms with E-state index in [1.807, 2.05) is 0 Å². The van der Waals surface area contributed by atoms with Crippen LogP contribution in [0.3, 0.4) is 0 Å². The van der Waals surface area contributed by atoms with E-state index in [4.69, 9.17) is 15.2 Å². The smallest absolute Gasteiger partial charge is 0.150 e. The zero-order chi connectivity index (χ0) is 13.6. The summed E-state index contributed by atoms with van der Waals surface area (Å²) in [5.74, 6) is 0.243. The monoisotopic (exact) mass is 281 g/mol. The predicted octanol–water partition coefficient (Wildman–Crippen LogP) is -0.836. The summed E-state index contributed by atoms with van der Waals surface area (Å²) in [5.41, 5.74) is 5.19. The Labute approximate surface area is 108 Å². The largest absolute Gasteiger partial charge is 0.391 e. The highest BCUT2D eigenvalue weighted by atomic mass is 32.2. The number of rotatable bonds is 8. The van der Waals surface area contributed by atoms with Crippen LogP contribution in [0.25, 0.3) is 0 Å². The fourth-order valence-electron chi connectivity index (χ4n) is 2.31. The summed E-state index contributed by atoms with van der Waals surface area (Å²) < 4.78 is 33.0. The Bertz CT molecular complexity index is 345. The average molecular weight is 281 g/mol. The third kappa shape index (κ3) is 4.81. The van der Waals surface area contributed by atoms with Crippen LogP contribution in [0.1, 0.15) is 12.8 Å². The number of nitrogens with two attached hydrogens (primary N) is 1. The van der Waals surface area contributed by atoms with Crippen molar-refractivity contribution < 1.29 is 23.0 Å². The molecule has 0 amide bonds. The van der Waals surface area contributed by atoms with Gasteiger partial charge in [-0.05, 0) is 19.4 Å². The summed E-state index contributed by atoms with van der Waals surface area (Å²) >= 11 is 0. The molecule has 1 rings (SSSR count). The first-order valence-electron chi connectivity index (χ1n) is 6.08. The molecule has 0 saturated carbocycles. The predicted molar refractivity (Wildman–Crippen MR) is 68.1 cm³/mol. The molecule has 0 aromatic heterocycles. The lowest BCUT2D eigenvalue weighted by Gasteiger charge is -2.28. The quantitative estimate of drug-likeness (QED) is 0.563. The van der Waals surface area contributed by atoms with Crippen molar-refractivity contribution >= 4 is 9.84 Å². The third-order valence-corrected chi connectivity index (χ3v) is 5.19. The molecular formula is C11H23NO5S. The highest BCUT2D eigenvalue weighted by Gasteiger charge is 2.42. The zero-order valence-corrected chi connectivity index (χ0v) is 11.6. The number of hydrogen-bond donors (Lipinski definition) is 2. The van der Waals surface area contributed by atoms with Crippen LogP contribution in [0.5, 0.6) is 0 Å². The van der Waals surface area contributed by atoms with E-state index >= 15 is 0 Å². The van der Waals surface area contributed by atoms with Gasteiger partial charge in [0.2, 0.25) is 0 Å². The summed E-state index contributed by atoms with van der Waals surface area (Å²) in [5, 5.41) is 9.86. The van der Waals surface area contributed by atoms with Gasteiger partial charge in [0, 0.05) is 12.5 Å². The van der Waals surface area contributed by atoms with Gasteiger partial charge >= 0.3 is 0 Å². The number of methoxy groups -OCH3 is 1. The second-order valence-electron chi connectivity index (χ2n) is 4.97. The van der Waals surface area contributed by atoms with Gasteiger partial charge in [-0.3, -0.25) is 0 Å². The Morgan fingerprint density at radius 2 is 2.17 bits per heavy atom. The van der Waals surface area contributed by atoms with Crippen molar-refractivity contribution in [2.45, 2.75) is 18.9 Å². The van der Waals surface area contributed by atoms with Crippen molar-refractivity contribution in [3.8, 4) is 0 Å². The van der Waals surface area contributed by atoms with Gasteiger partial charge in [-0.15, -0.1) is 0 Å². The molecule has 0 bridgehead atoms. The van der Waals surface area contributed by atoms with Crippen LogP contribution in [-0.4, -0.2) is 64.6 Å². The maximum atomic E-state index is 11.5. The fraction of sp³-hybridized carbons (Fsp3) is 1.00. The molecule has 1 aliphatic rings. The summed E-state index contributed by atoms with van der Waals surface area (Å²) in [4.78, 5) is 0. The SMILES string of the molecule is COCCOCC(O)CC1(CN)CCS(=O)(=O)C1. The normalized spacial score (nSPS) is 28.4. The van der Waals surface area contributed by atoms with E-state index in [0.717, 1.165) is 0 Å². The lowest BCUT2D eigenvalue weighted by atomic mass is 9.82. The van der Waals surface area contributed by atoms with Gasteiger partial charge < -0.3 is 20.3 Å². The summed E-state index contributed by atoms with van der Waals surface area (Å²) in [7, 11) is -1.42. The van der Waals surface area contributed by atoms with E-state index in [1.165, 1.54) is 0 Å². The lowest BCUT2D eigenvalue weighted by Crippen LogP contribution is -2.37. The van der Waals surface area contributed by atoms with E-state index < -0.39 is 21.4 Å². The number of hydrogen-bond acceptors (Lipinski definition) is 6. The van der Waals surface area contributed by atoms with Crippen LogP contribution in [0, 0.1) is 5.41 Å². The first-order valence-corrected chi connectivity index (χ1v) is 7.90. The van der Waals surface area contributed by atoms with E-state index in [1.54, 1.807) is 7.11 Å². The van der Waals surface area contributed by atoms with Gasteiger partial charge in [0.1, 0.15) is 0 Å². The first-order chi connectivity index (χ1) is 8.43. The van der Waals surface area contributed by atoms with Crippen molar-refractivity contribution in [1.29, 1.82) is 0 Å². The molecule has 0 aliphatic carbocycles. The van der Waals surface area contributed by atoms with Crippen molar-refractivity contribution in [3.63, 3.8) is 0 Å². The van der Waals surface area contributed by atoms with Gasteiger partial charge in [-0.25, -0.2) is 8.42 Å². The molecule has 2 unspecified atom stereocenters. The summed E-state index contributed by atoms with van der Waals surface area (Å²) in [6, 6.07) is 0. The molecule has 18 heavy (non-hydrogen) atoms. The van der Waals surface area contributed by atoms with Gasteiger partial charge in [0.25, 0.3) is 0 Å². The second-order valence-corrected chi connectivity index (χ2v) is 7.16. The molecule has 108 valence electrons. The van der Waals surface area contributed by atoms with Crippen LogP contribution in [0.4, 0.5) is 0 Å². The van der Waals surface area contributed by atoms with Gasteiger partial charge in [-0.2, -0.15) is 0 Å². The molecule has 1 fully saturated rings. The highest BCUT2D eigenvalue weighted by molar-refractivity contribution is 7.91. The summed E-state index contributed by atoms with van der Waals surface area (Å²) in [6.45, 7) is 1.36. The first kappa shape index (κ1) is 15.8. The van der Waals surface area contributed by atoms with Gasteiger partial charge in [0.15, 0.2) is 9.84 Å². The number of aliphatic hydroxyl groups is 1. The van der Waals surface area contributed by atoms with Crippen molar-refractivity contribution in [2.75, 3.05) is 45.0 Å². The zero-order valence-electron chi connectivity index (χ0n) is 10.8. The Hall–Kier alpha value is -0.210. The summed E-state index contributed by atoms with van der Waals surface area (Å²) in [6.07, 6.45) is 0.218. The molecule has 2 atom stereocenters. The molecule has 7 heteroatoms. The molecule has 6 nitrogen and oxygen atoms in total. The number of ether oxygens (including phenoxy) is 2. The molecule has 3 N–H and O–H groups in total. The van der Waals surface area contributed by atoms with Crippen LogP contribution < -0.4 is 5.73 Å². The average Bonchev–Trinajstić information content (AvgIpc) is 2.61. The Balaban J connectivity index is 2.39. The highest BCUT2D eigenvalue weighted by Crippen LogP contribution is 2.35. The molecule has 0 radical (unpaired) electrons. The maximum absolute atomic E-state index is 11.5. The minimum atomic E-state index is -2.99. The minimum absolute atomic E-state index is 0.0750. The van der Waals surface area contributed by atoms with Crippen LogP contribution in [-0.2, 0) is 19.3 Å². The van der Waals surface area contributed by atoms with E-state index in [-0.39, 0.29) is 24.7 Å². The fourth-order valence-corrected chi connectivity index (χ4v) is 4.51. The Kier molecular flexibility index (Phi) is 6.00. The van der Waals surface area contributed by atoms with Crippen LogP contribution in [0.2, 0.25) is 0 Å². The lowest BCUT2D eigenvalue weighted by molar-refractivity contribution is -0.00349. The molecule has 1 heterocycles. The van der Waals surface area contributed by atoms with E-state index in [9.17, 15) is 13.5 Å². The third-order valence-electron chi connectivity index (χ3n) is 3.31. The van der Waals surface area contributed by atoms with Crippen molar-refractivity contribution in [1.82, 2.24) is 0 Å². The van der Waals surface area contributed by atoms with Crippen molar-refractivity contribution in [3.05, 3.63) is 0 Å². The van der Waals surface area contributed by atoms with E-state index in [0.29, 0.717) is 26.1 Å². The van der Waals surface area contributed by atoms with Crippen LogP contribution in [0.15, 0.2) is 0 Å². The van der Waals surface area contributed by atoms with Crippen molar-refractivity contribution in [2.24, 2.45) is 11.1 Å². The molecule has 1 saturated heterocycles.